The smallest absolute Gasteiger partial charge is 0.253 e. The summed E-state index contributed by atoms with van der Waals surface area (Å²) < 4.78 is 0. The largest absolute Gasteiger partial charge is 0.352 e. The molecule has 0 radical (unpaired) electrons. The van der Waals surface area contributed by atoms with Crippen molar-refractivity contribution in [3.63, 3.8) is 0 Å². The minimum Gasteiger partial charge on any atom is -0.352 e. The molecule has 0 bridgehead atoms. The Hall–Kier alpha value is -2.66. The number of nitrogens with zero attached hydrogens (tertiary/aromatic N) is 1. The Morgan fingerprint density at radius 3 is 2.29 bits per heavy atom. The summed E-state index contributed by atoms with van der Waals surface area (Å²) in [6, 6.07) is 17.5. The first-order chi connectivity index (χ1) is 13.3. The molecule has 0 unspecified atom stereocenters. The lowest BCUT2D eigenvalue weighted by Gasteiger charge is -2.18. The fraction of sp³-hybridized carbons (Fsp3) is 0.391. The van der Waals surface area contributed by atoms with Crippen molar-refractivity contribution in [2.45, 2.75) is 39.3 Å². The highest BCUT2D eigenvalue weighted by atomic mass is 16.2. The van der Waals surface area contributed by atoms with Crippen LogP contribution in [0.5, 0.6) is 0 Å². The van der Waals surface area contributed by atoms with E-state index in [1.165, 1.54) is 5.56 Å². The topological polar surface area (TPSA) is 75.4 Å². The van der Waals surface area contributed by atoms with E-state index in [4.69, 9.17) is 5.73 Å². The van der Waals surface area contributed by atoms with Crippen molar-refractivity contribution >= 4 is 11.8 Å². The van der Waals surface area contributed by atoms with Gasteiger partial charge in [-0.15, -0.1) is 0 Å². The second kappa shape index (κ2) is 8.15. The Labute approximate surface area is 166 Å². The maximum absolute atomic E-state index is 12.9. The predicted molar refractivity (Wildman–Crippen MR) is 111 cm³/mol. The summed E-state index contributed by atoms with van der Waals surface area (Å²) in [5.41, 5.74) is 8.68. The third kappa shape index (κ3) is 4.60. The molecule has 0 spiro atoms. The molecular weight excluding hydrogens is 350 g/mol. The van der Waals surface area contributed by atoms with Crippen LogP contribution in [0.1, 0.15) is 48.2 Å². The summed E-state index contributed by atoms with van der Waals surface area (Å²) in [5.74, 6) is 0.168. The number of hydrogen-bond acceptors (Lipinski definition) is 3. The SMILES string of the molecule is CC(C)(C)C(=O)NCc1ccc(C(=O)N2C[C@@H](N)[C@H](c3ccccc3)C2)cc1. The molecule has 1 heterocycles. The van der Waals surface area contributed by atoms with Crippen LogP contribution in [-0.4, -0.2) is 35.8 Å². The number of carbonyl (C=O) groups is 2. The van der Waals surface area contributed by atoms with Gasteiger partial charge in [0, 0.05) is 42.6 Å². The van der Waals surface area contributed by atoms with Crippen molar-refractivity contribution in [1.82, 2.24) is 10.2 Å². The summed E-state index contributed by atoms with van der Waals surface area (Å²) >= 11 is 0. The zero-order valence-corrected chi connectivity index (χ0v) is 16.8. The van der Waals surface area contributed by atoms with Gasteiger partial charge in [0.05, 0.1) is 0 Å². The van der Waals surface area contributed by atoms with E-state index in [1.54, 1.807) is 0 Å². The highest BCUT2D eigenvalue weighted by Gasteiger charge is 2.34. The van der Waals surface area contributed by atoms with Gasteiger partial charge in [0.2, 0.25) is 5.91 Å². The van der Waals surface area contributed by atoms with Crippen molar-refractivity contribution in [2.24, 2.45) is 11.1 Å². The molecule has 2 aromatic rings. The third-order valence-corrected chi connectivity index (χ3v) is 5.22. The van der Waals surface area contributed by atoms with E-state index in [1.807, 2.05) is 68.1 Å². The minimum absolute atomic E-state index is 0.000779. The number of nitrogens with one attached hydrogen (secondary N) is 1. The first-order valence-electron chi connectivity index (χ1n) is 9.73. The molecule has 5 heteroatoms. The molecule has 1 fully saturated rings. The van der Waals surface area contributed by atoms with Crippen LogP contribution in [-0.2, 0) is 11.3 Å². The van der Waals surface area contributed by atoms with E-state index < -0.39 is 5.41 Å². The van der Waals surface area contributed by atoms with Gasteiger partial charge in [-0.3, -0.25) is 9.59 Å². The normalized spacial score (nSPS) is 19.5. The molecule has 2 atom stereocenters. The molecule has 0 aliphatic carbocycles. The lowest BCUT2D eigenvalue weighted by molar-refractivity contribution is -0.128. The van der Waals surface area contributed by atoms with Gasteiger partial charge >= 0.3 is 0 Å². The van der Waals surface area contributed by atoms with E-state index in [-0.39, 0.29) is 23.8 Å². The van der Waals surface area contributed by atoms with Gasteiger partial charge in [0.15, 0.2) is 0 Å². The Morgan fingerprint density at radius 1 is 1.04 bits per heavy atom. The molecule has 0 aromatic heterocycles. The van der Waals surface area contributed by atoms with Gasteiger partial charge in [-0.05, 0) is 23.3 Å². The van der Waals surface area contributed by atoms with Crippen molar-refractivity contribution < 1.29 is 9.59 Å². The standard InChI is InChI=1S/C23H29N3O2/c1-23(2,3)22(28)25-13-16-9-11-18(12-10-16)21(27)26-14-19(20(24)15-26)17-7-5-4-6-8-17/h4-12,19-20H,13-15,24H2,1-3H3,(H,25,28)/t19-,20+/m0/s1. The summed E-state index contributed by atoms with van der Waals surface area (Å²) in [5, 5.41) is 2.92. The van der Waals surface area contributed by atoms with Gasteiger partial charge < -0.3 is 16.0 Å². The monoisotopic (exact) mass is 379 g/mol. The maximum atomic E-state index is 12.9. The molecule has 1 aliphatic heterocycles. The minimum atomic E-state index is -0.417. The highest BCUT2D eigenvalue weighted by Crippen LogP contribution is 2.27. The van der Waals surface area contributed by atoms with Gasteiger partial charge in [0.1, 0.15) is 0 Å². The van der Waals surface area contributed by atoms with Crippen molar-refractivity contribution in [3.05, 3.63) is 71.3 Å². The van der Waals surface area contributed by atoms with Crippen LogP contribution in [0, 0.1) is 5.41 Å². The fourth-order valence-electron chi connectivity index (χ4n) is 3.44. The summed E-state index contributed by atoms with van der Waals surface area (Å²) in [7, 11) is 0. The number of nitrogens with two attached hydrogens (primary N) is 1. The van der Waals surface area contributed by atoms with Crippen molar-refractivity contribution in [3.8, 4) is 0 Å². The Balaban J connectivity index is 1.61. The lowest BCUT2D eigenvalue weighted by atomic mass is 9.95. The second-order valence-corrected chi connectivity index (χ2v) is 8.52. The van der Waals surface area contributed by atoms with E-state index in [0.29, 0.717) is 25.2 Å². The van der Waals surface area contributed by atoms with E-state index in [2.05, 4.69) is 17.4 Å². The highest BCUT2D eigenvalue weighted by molar-refractivity contribution is 5.94. The first-order valence-corrected chi connectivity index (χ1v) is 9.73. The van der Waals surface area contributed by atoms with E-state index in [9.17, 15) is 9.59 Å². The molecular formula is C23H29N3O2. The van der Waals surface area contributed by atoms with Gasteiger partial charge in [-0.2, -0.15) is 0 Å². The summed E-state index contributed by atoms with van der Waals surface area (Å²) in [4.78, 5) is 26.7. The van der Waals surface area contributed by atoms with Gasteiger partial charge in [0.25, 0.3) is 5.91 Å². The predicted octanol–water partition coefficient (Wildman–Crippen LogP) is 2.92. The average Bonchev–Trinajstić information content (AvgIpc) is 3.07. The van der Waals surface area contributed by atoms with Crippen molar-refractivity contribution in [2.75, 3.05) is 13.1 Å². The zero-order valence-electron chi connectivity index (χ0n) is 16.8. The Bertz CT molecular complexity index is 825. The van der Waals surface area contributed by atoms with Crippen LogP contribution in [0.4, 0.5) is 0 Å². The molecule has 28 heavy (non-hydrogen) atoms. The third-order valence-electron chi connectivity index (χ3n) is 5.22. The number of carbonyl (C=O) groups excluding carboxylic acids is 2. The Morgan fingerprint density at radius 2 is 1.68 bits per heavy atom. The van der Waals surface area contributed by atoms with Gasteiger partial charge in [-0.25, -0.2) is 0 Å². The first kappa shape index (κ1) is 20.1. The molecule has 3 N–H and O–H groups in total. The van der Waals surface area contributed by atoms with Crippen LogP contribution in [0.3, 0.4) is 0 Å². The number of hydrogen-bond donors (Lipinski definition) is 2. The molecule has 3 rings (SSSR count). The lowest BCUT2D eigenvalue weighted by Crippen LogP contribution is -2.34. The van der Waals surface area contributed by atoms with Crippen LogP contribution in [0.25, 0.3) is 0 Å². The molecule has 0 saturated carbocycles. The Kier molecular flexibility index (Phi) is 5.84. The number of rotatable bonds is 4. The number of amides is 2. The zero-order chi connectivity index (χ0) is 20.3. The van der Waals surface area contributed by atoms with Crippen LogP contribution >= 0.6 is 0 Å². The summed E-state index contributed by atoms with van der Waals surface area (Å²) in [6.45, 7) is 7.29. The summed E-state index contributed by atoms with van der Waals surface area (Å²) in [6.07, 6.45) is 0. The average molecular weight is 380 g/mol. The van der Waals surface area contributed by atoms with Crippen LogP contribution in [0.15, 0.2) is 54.6 Å². The van der Waals surface area contributed by atoms with E-state index in [0.717, 1.165) is 5.56 Å². The van der Waals surface area contributed by atoms with Crippen LogP contribution in [0.2, 0.25) is 0 Å². The molecule has 148 valence electrons. The van der Waals surface area contributed by atoms with Crippen LogP contribution < -0.4 is 11.1 Å². The maximum Gasteiger partial charge on any atom is 0.253 e. The number of benzene rings is 2. The molecule has 2 aromatic carbocycles. The molecule has 2 amide bonds. The van der Waals surface area contributed by atoms with E-state index >= 15 is 0 Å². The molecule has 5 nitrogen and oxygen atoms in total. The second-order valence-electron chi connectivity index (χ2n) is 8.52. The quantitative estimate of drug-likeness (QED) is 0.858. The van der Waals surface area contributed by atoms with Crippen molar-refractivity contribution in [1.29, 1.82) is 0 Å². The fourth-order valence-corrected chi connectivity index (χ4v) is 3.44. The molecule has 1 saturated heterocycles. The van der Waals surface area contributed by atoms with Gasteiger partial charge in [-0.1, -0.05) is 63.2 Å². The molecule has 1 aliphatic rings. The number of likely N-dealkylation sites (tertiary alicyclic amines) is 1.